The van der Waals surface area contributed by atoms with Crippen molar-refractivity contribution in [1.82, 2.24) is 4.98 Å². The Balaban J connectivity index is 1.03. The highest BCUT2D eigenvalue weighted by atomic mass is 16.5. The lowest BCUT2D eigenvalue weighted by Gasteiger charge is -2.49. The first-order valence-electron chi connectivity index (χ1n) is 17.9. The summed E-state index contributed by atoms with van der Waals surface area (Å²) in [5, 5.41) is 10.3. The third-order valence-electron chi connectivity index (χ3n) is 12.1. The van der Waals surface area contributed by atoms with Gasteiger partial charge in [-0.1, -0.05) is 42.0 Å². The Hall–Kier alpha value is -6.29. The summed E-state index contributed by atoms with van der Waals surface area (Å²) >= 11 is 0. The van der Waals surface area contributed by atoms with Crippen LogP contribution in [-0.2, 0) is 25.6 Å². The molecule has 0 spiro atoms. The standard InChI is InChI=1S/C43H33N3O7/c1-43-32(40(49)46(42(43)51)26-7-3-2-4-8-26)21-31-29(37(43)25-19-24-20-28(47)15-18-34(24)52-22-25)16-17-30-36(31)41(50)45(39(30)48)27-13-11-23(12-14-27)38-44-33-9-5-6-10-35(33)53-38/h2-16,18,20,22,30-32,36-37,47H,17,19,21H2,1H3/t30-,31+,32-,36-,37-,43+/m0/s1. The zero-order chi connectivity index (χ0) is 36.2. The van der Waals surface area contributed by atoms with Crippen LogP contribution < -0.4 is 14.5 Å². The number of oxazole rings is 1. The van der Waals surface area contributed by atoms with Crippen LogP contribution in [0.4, 0.5) is 11.4 Å². The highest BCUT2D eigenvalue weighted by Gasteiger charge is 2.68. The van der Waals surface area contributed by atoms with Gasteiger partial charge in [-0.3, -0.25) is 24.1 Å². The maximum Gasteiger partial charge on any atom is 0.241 e. The molecule has 3 aliphatic heterocycles. The smallest absolute Gasteiger partial charge is 0.241 e. The van der Waals surface area contributed by atoms with Crippen LogP contribution >= 0.6 is 0 Å². The molecule has 6 atom stereocenters. The van der Waals surface area contributed by atoms with Gasteiger partial charge in [0.05, 0.1) is 40.8 Å². The zero-order valence-corrected chi connectivity index (χ0v) is 28.6. The molecule has 4 heterocycles. The second-order valence-electron chi connectivity index (χ2n) is 14.8. The van der Waals surface area contributed by atoms with E-state index in [0.717, 1.165) is 22.2 Å². The minimum absolute atomic E-state index is 0.0957. The van der Waals surface area contributed by atoms with Crippen molar-refractivity contribution in [3.8, 4) is 23.0 Å². The number of para-hydroxylation sites is 3. The highest BCUT2D eigenvalue weighted by Crippen LogP contribution is 2.63. The Morgan fingerprint density at radius 1 is 0.811 bits per heavy atom. The molecular weight excluding hydrogens is 670 g/mol. The number of ether oxygens (including phenoxy) is 1. The molecule has 4 amide bonds. The molecule has 2 aliphatic carbocycles. The summed E-state index contributed by atoms with van der Waals surface area (Å²) < 4.78 is 12.0. The topological polar surface area (TPSA) is 130 Å². The molecule has 0 radical (unpaired) electrons. The van der Waals surface area contributed by atoms with Crippen molar-refractivity contribution < 1.29 is 33.4 Å². The van der Waals surface area contributed by atoms with Crippen LogP contribution in [0.25, 0.3) is 22.6 Å². The molecule has 2 saturated heterocycles. The molecule has 10 nitrogen and oxygen atoms in total. The van der Waals surface area contributed by atoms with Gasteiger partial charge in [-0.15, -0.1) is 0 Å². The summed E-state index contributed by atoms with van der Waals surface area (Å²) in [5.41, 5.74) is 4.30. The van der Waals surface area contributed by atoms with Gasteiger partial charge in [0.15, 0.2) is 5.58 Å². The van der Waals surface area contributed by atoms with Crippen LogP contribution in [0.3, 0.4) is 0 Å². The predicted octanol–water partition coefficient (Wildman–Crippen LogP) is 6.99. The minimum atomic E-state index is -1.18. The van der Waals surface area contributed by atoms with E-state index in [-0.39, 0.29) is 35.8 Å². The summed E-state index contributed by atoms with van der Waals surface area (Å²) in [4.78, 5) is 65.0. The van der Waals surface area contributed by atoms with Crippen LogP contribution in [-0.4, -0.2) is 33.7 Å². The number of carbonyl (C=O) groups is 4. The molecule has 53 heavy (non-hydrogen) atoms. The number of hydrogen-bond acceptors (Lipinski definition) is 8. The molecule has 1 saturated carbocycles. The SMILES string of the molecule is C[C@@]12C(=O)N(c3ccccc3)C(=O)[C@@H]1C[C@@H]1C(=CC[C@@H]3C(=O)N(c4ccc(-c5nc6ccccc6o5)cc4)C(=O)[C@@H]31)[C@@H]2C1=COc2ccc(O)cc2C1. The number of aromatic nitrogens is 1. The lowest BCUT2D eigenvalue weighted by Crippen LogP contribution is -2.51. The number of allylic oxidation sites excluding steroid dienone is 3. The highest BCUT2D eigenvalue weighted by molar-refractivity contribution is 6.25. The number of carbonyl (C=O) groups excluding carboxylic acids is 4. The van der Waals surface area contributed by atoms with Gasteiger partial charge in [-0.05, 0) is 98.0 Å². The van der Waals surface area contributed by atoms with E-state index in [2.05, 4.69) is 4.98 Å². The van der Waals surface area contributed by atoms with E-state index in [0.29, 0.717) is 47.0 Å². The van der Waals surface area contributed by atoms with Crippen LogP contribution in [0.2, 0.25) is 0 Å². The molecule has 0 unspecified atom stereocenters. The van der Waals surface area contributed by atoms with Crippen molar-refractivity contribution in [3.63, 3.8) is 0 Å². The van der Waals surface area contributed by atoms with E-state index in [1.807, 2.05) is 43.3 Å². The van der Waals surface area contributed by atoms with Crippen molar-refractivity contribution in [2.24, 2.45) is 35.0 Å². The fourth-order valence-electron chi connectivity index (χ4n) is 9.67. The van der Waals surface area contributed by atoms with E-state index in [1.54, 1.807) is 73.0 Å². The van der Waals surface area contributed by atoms with E-state index in [9.17, 15) is 24.3 Å². The minimum Gasteiger partial charge on any atom is -0.508 e. The lowest BCUT2D eigenvalue weighted by molar-refractivity contribution is -0.132. The van der Waals surface area contributed by atoms with E-state index < -0.39 is 35.0 Å². The lowest BCUT2D eigenvalue weighted by atomic mass is 9.51. The van der Waals surface area contributed by atoms with Crippen LogP contribution in [0.5, 0.6) is 11.5 Å². The molecule has 10 rings (SSSR count). The number of fused-ring (bicyclic) bond motifs is 6. The molecule has 5 aliphatic rings. The average Bonchev–Trinajstić information content (AvgIpc) is 3.78. The largest absolute Gasteiger partial charge is 0.508 e. The van der Waals surface area contributed by atoms with Crippen LogP contribution in [0.15, 0.2) is 125 Å². The third kappa shape index (κ3) is 4.47. The number of aromatic hydroxyl groups is 1. The van der Waals surface area contributed by atoms with Gasteiger partial charge in [-0.25, -0.2) is 9.88 Å². The third-order valence-corrected chi connectivity index (χ3v) is 12.1. The van der Waals surface area contributed by atoms with Crippen molar-refractivity contribution in [1.29, 1.82) is 0 Å². The molecular formula is C43H33N3O7. The van der Waals surface area contributed by atoms with E-state index in [4.69, 9.17) is 9.15 Å². The quantitative estimate of drug-likeness (QED) is 0.157. The maximum atomic E-state index is 14.7. The van der Waals surface area contributed by atoms with Crippen LogP contribution in [0, 0.1) is 35.0 Å². The number of phenols is 1. The molecule has 10 heteroatoms. The van der Waals surface area contributed by atoms with Gasteiger partial charge in [-0.2, -0.15) is 0 Å². The van der Waals surface area contributed by atoms with Gasteiger partial charge in [0.1, 0.15) is 17.0 Å². The summed E-state index contributed by atoms with van der Waals surface area (Å²) in [6, 6.07) is 28.4. The number of anilines is 2. The van der Waals surface area contributed by atoms with Crippen molar-refractivity contribution in [2.45, 2.75) is 26.2 Å². The van der Waals surface area contributed by atoms with Crippen molar-refractivity contribution in [2.75, 3.05) is 9.80 Å². The van der Waals surface area contributed by atoms with Gasteiger partial charge in [0.2, 0.25) is 29.5 Å². The second-order valence-corrected chi connectivity index (χ2v) is 14.8. The Morgan fingerprint density at radius 3 is 2.36 bits per heavy atom. The van der Waals surface area contributed by atoms with E-state index >= 15 is 0 Å². The predicted molar refractivity (Wildman–Crippen MR) is 194 cm³/mol. The molecule has 5 aromatic rings. The normalized spacial score (nSPS) is 27.5. The first-order valence-corrected chi connectivity index (χ1v) is 17.9. The van der Waals surface area contributed by atoms with E-state index in [1.165, 1.54) is 9.80 Å². The zero-order valence-electron chi connectivity index (χ0n) is 28.6. The number of benzene rings is 4. The Kier molecular flexibility index (Phi) is 6.74. The molecule has 4 aromatic carbocycles. The first-order chi connectivity index (χ1) is 25.7. The Bertz CT molecular complexity index is 2430. The second kappa shape index (κ2) is 11.4. The summed E-state index contributed by atoms with van der Waals surface area (Å²) in [7, 11) is 0. The average molecular weight is 704 g/mol. The van der Waals surface area contributed by atoms with Gasteiger partial charge < -0.3 is 14.3 Å². The molecule has 0 bridgehead atoms. The first kappa shape index (κ1) is 31.4. The molecule has 1 N–H and O–H groups in total. The number of amides is 4. The fraction of sp³-hybridized carbons (Fsp3) is 0.233. The number of rotatable bonds is 4. The van der Waals surface area contributed by atoms with Gasteiger partial charge in [0, 0.05) is 23.5 Å². The number of phenolic OH excluding ortho intramolecular Hbond substituents is 1. The summed E-state index contributed by atoms with van der Waals surface area (Å²) in [6.07, 6.45) is 4.66. The van der Waals surface area contributed by atoms with Gasteiger partial charge in [0.25, 0.3) is 0 Å². The molecule has 3 fully saturated rings. The van der Waals surface area contributed by atoms with Crippen LogP contribution in [0.1, 0.15) is 25.3 Å². The monoisotopic (exact) mass is 703 g/mol. The van der Waals surface area contributed by atoms with Gasteiger partial charge >= 0.3 is 0 Å². The fourth-order valence-corrected chi connectivity index (χ4v) is 9.67. The maximum absolute atomic E-state index is 14.7. The number of imide groups is 2. The summed E-state index contributed by atoms with van der Waals surface area (Å²) in [5.74, 6) is -3.17. The van der Waals surface area contributed by atoms with Crippen molar-refractivity contribution in [3.05, 3.63) is 126 Å². The number of hydrogen-bond donors (Lipinski definition) is 1. The van der Waals surface area contributed by atoms with Crippen molar-refractivity contribution >= 4 is 46.1 Å². The molecule has 1 aromatic heterocycles. The summed E-state index contributed by atoms with van der Waals surface area (Å²) in [6.45, 7) is 1.86. The Labute approximate surface area is 304 Å². The Morgan fingerprint density at radius 2 is 1.57 bits per heavy atom. The number of nitrogens with zero attached hydrogens (tertiary/aromatic N) is 3. The molecule has 262 valence electrons.